The molecule has 0 nitrogen and oxygen atoms in total. The number of rotatable bonds is 8. The molecule has 2 aromatic carbocycles. The van der Waals surface area contributed by atoms with Crippen LogP contribution in [0.15, 0.2) is 36.4 Å². The maximum Gasteiger partial charge on any atom is 4.00 e. The largest absolute Gasteiger partial charge is 4.00 e. The Morgan fingerprint density at radius 3 is 1.06 bits per heavy atom. The molecule has 0 heterocycles. The summed E-state index contributed by atoms with van der Waals surface area (Å²) in [6, 6.07) is 13.9. The standard InChI is InChI=1S/2C11H19Si.C8H19Si.2ClH.Zr/c2*1-9(2)10-6-7-11(8-10)12(3,4)5;1-5-7(3)9-8(4)6-2;;;/h2*6-9H,1-5H3;7-9H,5-6H2,1-4H3;2*1H;/q2*-1;;;;+4/p-2. The van der Waals surface area contributed by atoms with E-state index in [9.17, 15) is 0 Å². The van der Waals surface area contributed by atoms with E-state index in [-0.39, 0.29) is 51.0 Å². The molecular weight excluding hydrogens is 607 g/mol. The van der Waals surface area contributed by atoms with Gasteiger partial charge in [-0.3, -0.25) is 0 Å². The van der Waals surface area contributed by atoms with Crippen molar-refractivity contribution in [2.75, 3.05) is 0 Å². The Bertz CT molecular complexity index is 703. The molecule has 0 fully saturated rings. The van der Waals surface area contributed by atoms with Crippen molar-refractivity contribution in [2.24, 2.45) is 0 Å². The van der Waals surface area contributed by atoms with Gasteiger partial charge in [0.25, 0.3) is 0 Å². The topological polar surface area (TPSA) is 0 Å². The molecule has 0 bridgehead atoms. The second-order valence-electron chi connectivity index (χ2n) is 12.6. The maximum atomic E-state index is 2.40. The molecule has 0 aliphatic heterocycles. The minimum Gasteiger partial charge on any atom is -1.00 e. The second-order valence-corrected chi connectivity index (χ2v) is 25.5. The van der Waals surface area contributed by atoms with Crippen molar-refractivity contribution in [3.63, 3.8) is 0 Å². The zero-order valence-corrected chi connectivity index (χ0v) is 33.1. The minimum absolute atomic E-state index is 0. The van der Waals surface area contributed by atoms with Gasteiger partial charge in [0.15, 0.2) is 0 Å². The number of hydrogen-bond acceptors (Lipinski definition) is 0. The van der Waals surface area contributed by atoms with Gasteiger partial charge >= 0.3 is 26.2 Å². The number of halogens is 2. The van der Waals surface area contributed by atoms with Crippen LogP contribution >= 0.6 is 0 Å². The third kappa shape index (κ3) is 18.2. The van der Waals surface area contributed by atoms with Gasteiger partial charge < -0.3 is 24.8 Å². The molecule has 1 radical (unpaired) electrons. The molecule has 0 aliphatic rings. The van der Waals surface area contributed by atoms with Crippen LogP contribution < -0.4 is 35.2 Å². The van der Waals surface area contributed by atoms with Gasteiger partial charge in [0.05, 0.1) is 0 Å². The predicted octanol–water partition coefficient (Wildman–Crippen LogP) is 3.01. The first-order chi connectivity index (χ1) is 15.0. The summed E-state index contributed by atoms with van der Waals surface area (Å²) in [6.07, 6.45) is 2.75. The summed E-state index contributed by atoms with van der Waals surface area (Å²) in [4.78, 5) is 0. The van der Waals surface area contributed by atoms with Crippen molar-refractivity contribution < 1.29 is 51.0 Å². The van der Waals surface area contributed by atoms with E-state index in [4.69, 9.17) is 0 Å². The average Bonchev–Trinajstić information content (AvgIpc) is 3.38. The van der Waals surface area contributed by atoms with Gasteiger partial charge in [-0.05, 0) is 11.8 Å². The fourth-order valence-electron chi connectivity index (χ4n) is 3.41. The molecule has 36 heavy (non-hydrogen) atoms. The van der Waals surface area contributed by atoms with Crippen LogP contribution in [0.3, 0.4) is 0 Å². The first-order valence-electron chi connectivity index (χ1n) is 13.4. The second kappa shape index (κ2) is 20.7. The minimum atomic E-state index is -1.06. The normalized spacial score (nSPS) is 12.7. The summed E-state index contributed by atoms with van der Waals surface area (Å²) in [5.74, 6) is 1.35. The molecule has 2 aromatic rings. The first kappa shape index (κ1) is 43.9. The monoisotopic (exact) mass is 661 g/mol. The van der Waals surface area contributed by atoms with Crippen LogP contribution in [0.25, 0.3) is 0 Å². The van der Waals surface area contributed by atoms with E-state index in [1.807, 2.05) is 0 Å². The van der Waals surface area contributed by atoms with Gasteiger partial charge in [0, 0.05) is 25.7 Å². The van der Waals surface area contributed by atoms with Crippen LogP contribution in [-0.2, 0) is 26.2 Å². The summed E-state index contributed by atoms with van der Waals surface area (Å²) in [5, 5.41) is 3.18. The van der Waals surface area contributed by atoms with Gasteiger partial charge in [-0.15, -0.1) is 0 Å². The fourth-order valence-corrected chi connectivity index (χ4v) is 7.44. The Kier molecular flexibility index (Phi) is 25.2. The first-order valence-corrected chi connectivity index (χ1v) is 21.7. The van der Waals surface area contributed by atoms with E-state index < -0.39 is 16.1 Å². The van der Waals surface area contributed by atoms with Gasteiger partial charge in [-0.25, -0.2) is 22.5 Å². The molecule has 0 amide bonds. The van der Waals surface area contributed by atoms with E-state index in [2.05, 4.69) is 131 Å². The molecule has 0 N–H and O–H groups in total. The van der Waals surface area contributed by atoms with Crippen molar-refractivity contribution in [3.05, 3.63) is 47.5 Å². The molecule has 0 saturated heterocycles. The van der Waals surface area contributed by atoms with Crippen molar-refractivity contribution >= 4 is 36.0 Å². The van der Waals surface area contributed by atoms with E-state index >= 15 is 0 Å². The van der Waals surface area contributed by atoms with Crippen molar-refractivity contribution in [1.29, 1.82) is 0 Å². The molecule has 2 atom stereocenters. The Morgan fingerprint density at radius 1 is 0.639 bits per heavy atom. The number of hydrogen-bond donors (Lipinski definition) is 0. The van der Waals surface area contributed by atoms with E-state index in [1.165, 1.54) is 24.0 Å². The van der Waals surface area contributed by atoms with Gasteiger partial charge in [-0.1, -0.05) is 119 Å². The summed E-state index contributed by atoms with van der Waals surface area (Å²) in [5.41, 5.74) is 5.01. The summed E-state index contributed by atoms with van der Waals surface area (Å²) < 4.78 is 0. The third-order valence-electron chi connectivity index (χ3n) is 6.57. The van der Waals surface area contributed by atoms with Crippen LogP contribution in [0.5, 0.6) is 0 Å². The van der Waals surface area contributed by atoms with Crippen LogP contribution in [0.4, 0.5) is 0 Å². The third-order valence-corrected chi connectivity index (χ3v) is 12.9. The molecule has 207 valence electrons. The van der Waals surface area contributed by atoms with Crippen LogP contribution in [0, 0.1) is 0 Å². The van der Waals surface area contributed by atoms with E-state index in [0.717, 1.165) is 20.6 Å². The maximum absolute atomic E-state index is 2.40. The molecular formula is C30H57Cl2Si3Zr. The van der Waals surface area contributed by atoms with Crippen LogP contribution in [0.2, 0.25) is 50.4 Å². The molecule has 0 spiro atoms. The van der Waals surface area contributed by atoms with Crippen LogP contribution in [0.1, 0.15) is 91.2 Å². The van der Waals surface area contributed by atoms with Crippen LogP contribution in [-0.4, -0.2) is 25.7 Å². The zero-order chi connectivity index (χ0) is 26.0. The fraction of sp³-hybridized carbons (Fsp3) is 0.667. The van der Waals surface area contributed by atoms with Crippen molar-refractivity contribution in [3.8, 4) is 0 Å². The molecule has 6 heteroatoms. The Balaban J connectivity index is -0.000000207. The van der Waals surface area contributed by atoms with Crippen molar-refractivity contribution in [2.45, 2.75) is 130 Å². The van der Waals surface area contributed by atoms with Crippen molar-refractivity contribution in [1.82, 2.24) is 0 Å². The van der Waals surface area contributed by atoms with Gasteiger partial charge in [0.1, 0.15) is 0 Å². The molecule has 0 aromatic heterocycles. The summed E-state index contributed by atoms with van der Waals surface area (Å²) in [6.45, 7) is 32.7. The molecule has 2 rings (SSSR count). The summed E-state index contributed by atoms with van der Waals surface area (Å²) >= 11 is 0. The zero-order valence-electron chi connectivity index (χ0n) is 26.0. The SMILES string of the molecule is CC(C)c1cc([Si](C)(C)C)c[cH-]1.CC(C)c1cc([Si](C)(C)C)c[cH-]1.CCC(C)[SiH]C(C)CC.[Cl-].[Cl-].[Zr+4]. The predicted molar refractivity (Wildman–Crippen MR) is 165 cm³/mol. The molecule has 2 unspecified atom stereocenters. The smallest absolute Gasteiger partial charge is 1.00 e. The Hall–Kier alpha value is 0.814. The van der Waals surface area contributed by atoms with Gasteiger partial charge in [-0.2, -0.15) is 35.4 Å². The summed E-state index contributed by atoms with van der Waals surface area (Å²) in [7, 11) is -1.40. The van der Waals surface area contributed by atoms with E-state index in [0.29, 0.717) is 11.8 Å². The molecule has 0 aliphatic carbocycles. The average molecular weight is 664 g/mol. The Morgan fingerprint density at radius 2 is 0.917 bits per heavy atom. The molecule has 0 saturated carbocycles. The van der Waals surface area contributed by atoms with Gasteiger partial charge in [0.2, 0.25) is 0 Å². The quantitative estimate of drug-likeness (QED) is 0.301. The Labute approximate surface area is 263 Å². The van der Waals surface area contributed by atoms with E-state index in [1.54, 1.807) is 10.4 Å².